The summed E-state index contributed by atoms with van der Waals surface area (Å²) in [5.41, 5.74) is 5.56. The van der Waals surface area contributed by atoms with Crippen molar-refractivity contribution in [1.29, 1.82) is 0 Å². The summed E-state index contributed by atoms with van der Waals surface area (Å²) in [6, 6.07) is 0. The lowest BCUT2D eigenvalue weighted by Crippen LogP contribution is -2.43. The zero-order valence-electron chi connectivity index (χ0n) is 13.3. The van der Waals surface area contributed by atoms with Gasteiger partial charge in [-0.25, -0.2) is 0 Å². The Morgan fingerprint density at radius 2 is 1.83 bits per heavy atom. The van der Waals surface area contributed by atoms with Gasteiger partial charge in [0, 0.05) is 12.5 Å². The maximum absolute atomic E-state index is 10.4. The van der Waals surface area contributed by atoms with Gasteiger partial charge in [-0.1, -0.05) is 0 Å². The van der Waals surface area contributed by atoms with Crippen LogP contribution in [0.4, 0.5) is 5.95 Å². The fraction of sp³-hybridized carbons (Fsp3) is 0.857. The highest BCUT2D eigenvalue weighted by atomic mass is 35.5. The molecule has 0 saturated carbocycles. The second-order valence-electron chi connectivity index (χ2n) is 6.31. The summed E-state index contributed by atoms with van der Waals surface area (Å²) in [7, 11) is 0. The first kappa shape index (κ1) is 20.4. The minimum atomic E-state index is -0.190. The molecule has 1 unspecified atom stereocenters. The van der Waals surface area contributed by atoms with Crippen LogP contribution in [0.3, 0.4) is 0 Å². The van der Waals surface area contributed by atoms with Gasteiger partial charge in [0.2, 0.25) is 5.95 Å². The van der Waals surface area contributed by atoms with Crippen molar-refractivity contribution in [1.82, 2.24) is 25.4 Å². The number of likely N-dealkylation sites (tertiary alicyclic amines) is 1. The minimum absolute atomic E-state index is 0. The van der Waals surface area contributed by atoms with E-state index < -0.39 is 0 Å². The number of aliphatic hydroxyl groups is 1. The summed E-state index contributed by atoms with van der Waals surface area (Å²) in [6.07, 6.45) is 4.09. The average Bonchev–Trinajstić information content (AvgIpc) is 2.95. The van der Waals surface area contributed by atoms with E-state index in [1.807, 2.05) is 0 Å². The van der Waals surface area contributed by atoms with Gasteiger partial charge in [0.1, 0.15) is 5.82 Å². The van der Waals surface area contributed by atoms with Crippen LogP contribution in [0.2, 0.25) is 0 Å². The van der Waals surface area contributed by atoms with Crippen LogP contribution in [0.15, 0.2) is 0 Å². The monoisotopic (exact) mass is 366 g/mol. The van der Waals surface area contributed by atoms with Crippen LogP contribution in [0.1, 0.15) is 37.4 Å². The van der Waals surface area contributed by atoms with Gasteiger partial charge < -0.3 is 21.1 Å². The number of nitrogen functional groups attached to an aromatic ring is 1. The Labute approximate surface area is 149 Å². The van der Waals surface area contributed by atoms with E-state index in [0.29, 0.717) is 17.8 Å². The summed E-state index contributed by atoms with van der Waals surface area (Å²) < 4.78 is 0. The van der Waals surface area contributed by atoms with Crippen molar-refractivity contribution in [2.24, 2.45) is 5.92 Å². The molecule has 2 aliphatic heterocycles. The SMILES string of the molecule is Cl.Cl.Nc1n[nH]c(C2CCN(CC(O)C3CCNCC3)CC2)n1. The van der Waals surface area contributed by atoms with Crippen LogP contribution in [0, 0.1) is 5.92 Å². The molecule has 1 aromatic heterocycles. The zero-order valence-corrected chi connectivity index (χ0v) is 14.9. The Kier molecular flexibility index (Phi) is 8.57. The number of aromatic amines is 1. The van der Waals surface area contributed by atoms with Crippen LogP contribution >= 0.6 is 24.8 Å². The quantitative estimate of drug-likeness (QED) is 0.627. The minimum Gasteiger partial charge on any atom is -0.392 e. The number of nitrogens with two attached hydrogens (primary N) is 1. The Morgan fingerprint density at radius 3 is 2.39 bits per heavy atom. The molecule has 0 aromatic carbocycles. The predicted octanol–water partition coefficient (Wildman–Crippen LogP) is 0.770. The van der Waals surface area contributed by atoms with Crippen LogP contribution in [-0.2, 0) is 0 Å². The summed E-state index contributed by atoms with van der Waals surface area (Å²) in [6.45, 7) is 4.89. The van der Waals surface area contributed by atoms with Gasteiger partial charge in [-0.3, -0.25) is 5.10 Å². The molecular formula is C14H28Cl2N6O. The van der Waals surface area contributed by atoms with Crippen molar-refractivity contribution in [2.75, 3.05) is 38.5 Å². The molecule has 5 N–H and O–H groups in total. The maximum atomic E-state index is 10.4. The van der Waals surface area contributed by atoms with Gasteiger partial charge in [0.25, 0.3) is 0 Å². The number of halogens is 2. The van der Waals surface area contributed by atoms with Crippen LogP contribution in [-0.4, -0.2) is 64.0 Å². The van der Waals surface area contributed by atoms with Crippen molar-refractivity contribution in [2.45, 2.75) is 37.7 Å². The molecule has 7 nitrogen and oxygen atoms in total. The summed E-state index contributed by atoms with van der Waals surface area (Å²) in [5, 5.41) is 20.6. The number of anilines is 1. The fourth-order valence-corrected chi connectivity index (χ4v) is 3.50. The van der Waals surface area contributed by atoms with Gasteiger partial charge >= 0.3 is 0 Å². The van der Waals surface area contributed by atoms with E-state index in [4.69, 9.17) is 5.73 Å². The third-order valence-corrected chi connectivity index (χ3v) is 4.87. The highest BCUT2D eigenvalue weighted by molar-refractivity contribution is 5.85. The number of H-pyrrole nitrogens is 1. The molecule has 0 aliphatic carbocycles. The molecule has 2 fully saturated rings. The first-order valence-electron chi connectivity index (χ1n) is 8.01. The molecule has 3 heterocycles. The van der Waals surface area contributed by atoms with E-state index >= 15 is 0 Å². The smallest absolute Gasteiger partial charge is 0.239 e. The number of aliphatic hydroxyl groups excluding tert-OH is 1. The average molecular weight is 367 g/mol. The van der Waals surface area contributed by atoms with Crippen LogP contribution in [0.5, 0.6) is 0 Å². The molecule has 0 bridgehead atoms. The molecule has 3 rings (SSSR count). The maximum Gasteiger partial charge on any atom is 0.239 e. The summed E-state index contributed by atoms with van der Waals surface area (Å²) >= 11 is 0. The van der Waals surface area contributed by atoms with Gasteiger partial charge in [-0.05, 0) is 57.8 Å². The van der Waals surface area contributed by atoms with E-state index in [2.05, 4.69) is 25.4 Å². The van der Waals surface area contributed by atoms with E-state index in [1.165, 1.54) is 0 Å². The summed E-state index contributed by atoms with van der Waals surface area (Å²) in [4.78, 5) is 6.61. The molecule has 0 spiro atoms. The lowest BCUT2D eigenvalue weighted by Gasteiger charge is -2.35. The topological polar surface area (TPSA) is 103 Å². The van der Waals surface area contributed by atoms with Gasteiger partial charge in [-0.2, -0.15) is 4.98 Å². The number of aromatic nitrogens is 3. The highest BCUT2D eigenvalue weighted by Crippen LogP contribution is 2.26. The number of hydrogen-bond acceptors (Lipinski definition) is 6. The Bertz CT molecular complexity index is 446. The van der Waals surface area contributed by atoms with Crippen molar-refractivity contribution >= 4 is 30.8 Å². The second-order valence-corrected chi connectivity index (χ2v) is 6.31. The summed E-state index contributed by atoms with van der Waals surface area (Å²) in [5.74, 6) is 2.11. The number of rotatable bonds is 4. The van der Waals surface area contributed by atoms with Crippen molar-refractivity contribution in [3.63, 3.8) is 0 Å². The van der Waals surface area contributed by atoms with Crippen molar-refractivity contribution < 1.29 is 5.11 Å². The first-order valence-corrected chi connectivity index (χ1v) is 8.01. The number of β-amino-alcohol motifs (C(OH)–C–C–N with tert-alkyl or cyclic N) is 1. The number of nitrogens with one attached hydrogen (secondary N) is 2. The third-order valence-electron chi connectivity index (χ3n) is 4.87. The Balaban J connectivity index is 0.00000132. The van der Waals surface area contributed by atoms with E-state index in [1.54, 1.807) is 0 Å². The zero-order chi connectivity index (χ0) is 14.7. The van der Waals surface area contributed by atoms with Crippen molar-refractivity contribution in [3.05, 3.63) is 5.82 Å². The van der Waals surface area contributed by atoms with Crippen LogP contribution < -0.4 is 11.1 Å². The number of hydrogen-bond donors (Lipinski definition) is 4. The first-order chi connectivity index (χ1) is 10.2. The third kappa shape index (κ3) is 5.46. The molecule has 2 aliphatic rings. The van der Waals surface area contributed by atoms with Gasteiger partial charge in [0.05, 0.1) is 6.10 Å². The molecule has 9 heteroatoms. The Morgan fingerprint density at radius 1 is 1.17 bits per heavy atom. The molecule has 2 saturated heterocycles. The number of piperidine rings is 2. The number of nitrogens with zero attached hydrogens (tertiary/aromatic N) is 3. The molecule has 0 amide bonds. The molecule has 23 heavy (non-hydrogen) atoms. The Hall–Kier alpha value is -0.600. The molecule has 1 aromatic rings. The highest BCUT2D eigenvalue weighted by Gasteiger charge is 2.27. The second kappa shape index (κ2) is 9.64. The molecule has 0 radical (unpaired) electrons. The van der Waals surface area contributed by atoms with E-state index in [0.717, 1.165) is 64.2 Å². The van der Waals surface area contributed by atoms with Crippen LogP contribution in [0.25, 0.3) is 0 Å². The predicted molar refractivity (Wildman–Crippen MR) is 95.3 cm³/mol. The standard InChI is InChI=1S/C14H26N6O.2ClH/c15-14-17-13(18-19-14)11-3-7-20(8-4-11)9-12(21)10-1-5-16-6-2-10;;/h10-12,16,21H,1-9H2,(H3,15,17,18,19);2*1H. The lowest BCUT2D eigenvalue weighted by atomic mass is 9.90. The van der Waals surface area contributed by atoms with Gasteiger partial charge in [-0.15, -0.1) is 29.9 Å². The normalized spacial score (nSPS) is 22.1. The van der Waals surface area contributed by atoms with E-state index in [-0.39, 0.29) is 30.9 Å². The van der Waals surface area contributed by atoms with E-state index in [9.17, 15) is 5.11 Å². The fourth-order valence-electron chi connectivity index (χ4n) is 3.50. The molecule has 134 valence electrons. The van der Waals surface area contributed by atoms with Gasteiger partial charge in [0.15, 0.2) is 0 Å². The van der Waals surface area contributed by atoms with Crippen molar-refractivity contribution in [3.8, 4) is 0 Å². The molecule has 1 atom stereocenters. The largest absolute Gasteiger partial charge is 0.392 e. The molecular weight excluding hydrogens is 339 g/mol. The lowest BCUT2D eigenvalue weighted by molar-refractivity contribution is 0.0424.